The Kier molecular flexibility index (Phi) is 6.52. The maximum atomic E-state index is 12.7. The minimum atomic E-state index is -3.58. The van der Waals surface area contributed by atoms with Crippen LogP contribution in [0.2, 0.25) is 0 Å². The summed E-state index contributed by atoms with van der Waals surface area (Å²) in [6.45, 7) is 5.00. The Morgan fingerprint density at radius 3 is 2.29 bits per heavy atom. The fourth-order valence-corrected chi connectivity index (χ4v) is 4.18. The molecule has 3 rings (SSSR count). The summed E-state index contributed by atoms with van der Waals surface area (Å²) >= 11 is 0. The Hall–Kier alpha value is -2.18. The smallest absolute Gasteiger partial charge is 0.240 e. The van der Waals surface area contributed by atoms with Crippen LogP contribution in [0.1, 0.15) is 50.2 Å². The molecule has 5 nitrogen and oxygen atoms in total. The van der Waals surface area contributed by atoms with Crippen LogP contribution >= 0.6 is 0 Å². The minimum Gasteiger partial charge on any atom is -0.335 e. The van der Waals surface area contributed by atoms with E-state index in [9.17, 15) is 13.2 Å². The van der Waals surface area contributed by atoms with Crippen molar-refractivity contribution >= 4 is 15.9 Å². The molecule has 0 heterocycles. The molecule has 0 saturated heterocycles. The summed E-state index contributed by atoms with van der Waals surface area (Å²) in [5, 5.41) is 0. The van der Waals surface area contributed by atoms with E-state index in [1.54, 1.807) is 30.3 Å². The van der Waals surface area contributed by atoms with Crippen LogP contribution in [0, 0.1) is 0 Å². The van der Waals surface area contributed by atoms with Gasteiger partial charge in [0.25, 0.3) is 0 Å². The molecule has 150 valence electrons. The van der Waals surface area contributed by atoms with Crippen LogP contribution < -0.4 is 4.72 Å². The molecule has 0 aliphatic heterocycles. The van der Waals surface area contributed by atoms with E-state index in [1.165, 1.54) is 5.56 Å². The molecule has 1 N–H and O–H groups in total. The second-order valence-corrected chi connectivity index (χ2v) is 9.38. The van der Waals surface area contributed by atoms with Gasteiger partial charge in [-0.05, 0) is 42.0 Å². The van der Waals surface area contributed by atoms with Gasteiger partial charge in [0.1, 0.15) is 0 Å². The van der Waals surface area contributed by atoms with Gasteiger partial charge in [-0.25, -0.2) is 13.1 Å². The maximum absolute atomic E-state index is 12.7. The standard InChI is InChI=1S/C22H28N2O3S/c1-17(2)19-10-8-18(9-11-19)16-24(20-12-13-20)22(25)14-15-23-28(26,27)21-6-4-3-5-7-21/h3-11,17,20,23H,12-16H2,1-2H3. The molecule has 1 fully saturated rings. The third-order valence-electron chi connectivity index (χ3n) is 4.99. The number of sulfonamides is 1. The monoisotopic (exact) mass is 400 g/mol. The van der Waals surface area contributed by atoms with Crippen LogP contribution in [0.3, 0.4) is 0 Å². The summed E-state index contributed by atoms with van der Waals surface area (Å²) in [5.74, 6) is 0.471. The molecule has 2 aromatic carbocycles. The number of nitrogens with zero attached hydrogens (tertiary/aromatic N) is 1. The van der Waals surface area contributed by atoms with Crippen LogP contribution in [0.25, 0.3) is 0 Å². The van der Waals surface area contributed by atoms with Gasteiger partial charge in [-0.2, -0.15) is 0 Å². The lowest BCUT2D eigenvalue weighted by atomic mass is 10.0. The first kappa shape index (κ1) is 20.6. The number of amides is 1. The fraction of sp³-hybridized carbons (Fsp3) is 0.409. The zero-order valence-electron chi connectivity index (χ0n) is 16.5. The molecule has 1 saturated carbocycles. The lowest BCUT2D eigenvalue weighted by Crippen LogP contribution is -2.35. The topological polar surface area (TPSA) is 66.5 Å². The third-order valence-corrected chi connectivity index (χ3v) is 6.47. The first-order chi connectivity index (χ1) is 13.4. The summed E-state index contributed by atoms with van der Waals surface area (Å²) in [4.78, 5) is 14.8. The normalized spacial score (nSPS) is 14.2. The Balaban J connectivity index is 1.56. The van der Waals surface area contributed by atoms with Gasteiger partial charge in [0.2, 0.25) is 15.9 Å². The first-order valence-corrected chi connectivity index (χ1v) is 11.3. The van der Waals surface area contributed by atoms with Gasteiger partial charge in [-0.1, -0.05) is 56.3 Å². The van der Waals surface area contributed by atoms with Crippen molar-refractivity contribution in [3.8, 4) is 0 Å². The largest absolute Gasteiger partial charge is 0.335 e. The Morgan fingerprint density at radius 2 is 1.71 bits per heavy atom. The van der Waals surface area contributed by atoms with Crippen molar-refractivity contribution in [3.63, 3.8) is 0 Å². The Labute approximate surface area is 167 Å². The predicted molar refractivity (Wildman–Crippen MR) is 110 cm³/mol. The second-order valence-electron chi connectivity index (χ2n) is 7.61. The van der Waals surface area contributed by atoms with Gasteiger partial charge in [-0.15, -0.1) is 0 Å². The molecule has 0 aromatic heterocycles. The molecule has 1 aliphatic rings. The molecule has 1 amide bonds. The highest BCUT2D eigenvalue weighted by Crippen LogP contribution is 2.29. The van der Waals surface area contributed by atoms with Gasteiger partial charge in [0.05, 0.1) is 4.90 Å². The van der Waals surface area contributed by atoms with E-state index < -0.39 is 10.0 Å². The highest BCUT2D eigenvalue weighted by atomic mass is 32.2. The zero-order valence-corrected chi connectivity index (χ0v) is 17.3. The summed E-state index contributed by atoms with van der Waals surface area (Å²) in [6, 6.07) is 16.9. The molecule has 0 bridgehead atoms. The van der Waals surface area contributed by atoms with E-state index in [-0.39, 0.29) is 29.8 Å². The van der Waals surface area contributed by atoms with E-state index in [1.807, 2.05) is 4.90 Å². The van der Waals surface area contributed by atoms with Crippen LogP contribution in [0.15, 0.2) is 59.5 Å². The van der Waals surface area contributed by atoms with Crippen molar-refractivity contribution in [3.05, 3.63) is 65.7 Å². The molecule has 6 heteroatoms. The minimum absolute atomic E-state index is 0.00815. The molecule has 0 unspecified atom stereocenters. The number of carbonyl (C=O) groups is 1. The fourth-order valence-electron chi connectivity index (χ4n) is 3.13. The zero-order chi connectivity index (χ0) is 20.1. The second kappa shape index (κ2) is 8.88. The number of rotatable bonds is 9. The first-order valence-electron chi connectivity index (χ1n) is 9.80. The van der Waals surface area contributed by atoms with Gasteiger partial charge in [0.15, 0.2) is 0 Å². The average molecular weight is 401 g/mol. The summed E-state index contributed by atoms with van der Waals surface area (Å²) in [7, 11) is -3.58. The molecule has 0 radical (unpaired) electrons. The average Bonchev–Trinajstić information content (AvgIpc) is 3.52. The number of hydrogen-bond acceptors (Lipinski definition) is 3. The highest BCUT2D eigenvalue weighted by Gasteiger charge is 2.32. The number of benzene rings is 2. The van der Waals surface area contributed by atoms with Gasteiger partial charge >= 0.3 is 0 Å². The number of nitrogens with one attached hydrogen (secondary N) is 1. The molecule has 28 heavy (non-hydrogen) atoms. The Bertz CT molecular complexity index is 889. The van der Waals surface area contributed by atoms with Crippen LogP contribution in [0.5, 0.6) is 0 Å². The molecular formula is C22H28N2O3S. The molecule has 0 spiro atoms. The van der Waals surface area contributed by atoms with Gasteiger partial charge < -0.3 is 4.90 Å². The summed E-state index contributed by atoms with van der Waals surface area (Å²) in [6.07, 6.45) is 2.20. The SMILES string of the molecule is CC(C)c1ccc(CN(C(=O)CCNS(=O)(=O)c2ccccc2)C2CC2)cc1. The van der Waals surface area contributed by atoms with Crippen LogP contribution in [0.4, 0.5) is 0 Å². The molecule has 1 aliphatic carbocycles. The third kappa shape index (κ3) is 5.42. The van der Waals surface area contributed by atoms with Gasteiger partial charge in [-0.3, -0.25) is 4.79 Å². The number of hydrogen-bond donors (Lipinski definition) is 1. The van der Waals surface area contributed by atoms with Crippen molar-refractivity contribution in [2.75, 3.05) is 6.54 Å². The van der Waals surface area contributed by atoms with Crippen molar-refractivity contribution in [1.29, 1.82) is 0 Å². The van der Waals surface area contributed by atoms with E-state index >= 15 is 0 Å². The van der Waals surface area contributed by atoms with Crippen LogP contribution in [-0.2, 0) is 21.4 Å². The van der Waals surface area contributed by atoms with E-state index in [2.05, 4.69) is 42.8 Å². The maximum Gasteiger partial charge on any atom is 0.240 e. The summed E-state index contributed by atoms with van der Waals surface area (Å²) < 4.78 is 27.1. The number of carbonyl (C=O) groups excluding carboxylic acids is 1. The van der Waals surface area contributed by atoms with Crippen molar-refractivity contribution in [1.82, 2.24) is 9.62 Å². The van der Waals surface area contributed by atoms with E-state index in [4.69, 9.17) is 0 Å². The Morgan fingerprint density at radius 1 is 1.07 bits per heavy atom. The quantitative estimate of drug-likeness (QED) is 0.698. The predicted octanol–water partition coefficient (Wildman–Crippen LogP) is 3.67. The summed E-state index contributed by atoms with van der Waals surface area (Å²) in [5.41, 5.74) is 2.39. The molecule has 0 atom stereocenters. The molecule has 2 aromatic rings. The van der Waals surface area contributed by atoms with E-state index in [0.29, 0.717) is 12.5 Å². The van der Waals surface area contributed by atoms with Crippen molar-refractivity contribution < 1.29 is 13.2 Å². The van der Waals surface area contributed by atoms with Crippen LogP contribution in [-0.4, -0.2) is 31.8 Å². The highest BCUT2D eigenvalue weighted by molar-refractivity contribution is 7.89. The lowest BCUT2D eigenvalue weighted by molar-refractivity contribution is -0.132. The molecular weight excluding hydrogens is 372 g/mol. The van der Waals surface area contributed by atoms with E-state index in [0.717, 1.165) is 18.4 Å². The lowest BCUT2D eigenvalue weighted by Gasteiger charge is -2.23. The van der Waals surface area contributed by atoms with Crippen molar-refractivity contribution in [2.24, 2.45) is 0 Å². The van der Waals surface area contributed by atoms with Gasteiger partial charge in [0, 0.05) is 25.6 Å². The van der Waals surface area contributed by atoms with Crippen molar-refractivity contribution in [2.45, 2.75) is 56.5 Å².